The highest BCUT2D eigenvalue weighted by atomic mass is 16.5. The third kappa shape index (κ3) is 2.74. The van der Waals surface area contributed by atoms with Crippen LogP contribution in [-0.2, 0) is 11.8 Å². The molecule has 1 unspecified atom stereocenters. The van der Waals surface area contributed by atoms with Gasteiger partial charge in [0.1, 0.15) is 17.7 Å². The van der Waals surface area contributed by atoms with Gasteiger partial charge in [-0.25, -0.2) is 0 Å². The molecule has 184 valence electrons. The van der Waals surface area contributed by atoms with Crippen LogP contribution in [0.25, 0.3) is 0 Å². The average molecular weight is 477 g/mol. The Labute approximate surface area is 205 Å². The zero-order valence-electron chi connectivity index (χ0n) is 20.5. The van der Waals surface area contributed by atoms with Crippen LogP contribution in [0.2, 0.25) is 0 Å². The summed E-state index contributed by atoms with van der Waals surface area (Å²) in [7, 11) is 2.34. The van der Waals surface area contributed by atoms with E-state index in [1.54, 1.807) is 24.5 Å². The molecule has 2 saturated carbocycles. The standard InChI is InChI=1S/C28H33N3O4/c1-16-14-29-11-8-19(16)26(33)30-20-7-9-28(34)22-13-18-5-6-21(32)24-23(18)27(28,25(20)35-24)10-12-31(22,2)15-17-3-4-17/h5-6,8,11,14,17,20,22,25,34H,3-4,7,9-10,12-13,15H2,1-2H3,(H-,30,32,33)/p+1/t20-,22-,25+,27+,28-,31?/m1/s1. The number of aromatic nitrogens is 1. The van der Waals surface area contributed by atoms with Gasteiger partial charge >= 0.3 is 0 Å². The lowest BCUT2D eigenvalue weighted by molar-refractivity contribution is -0.950. The summed E-state index contributed by atoms with van der Waals surface area (Å²) in [6.07, 6.45) is 8.37. The quantitative estimate of drug-likeness (QED) is 0.590. The maximum Gasteiger partial charge on any atom is 0.252 e. The monoisotopic (exact) mass is 476 g/mol. The van der Waals surface area contributed by atoms with E-state index in [-0.39, 0.29) is 23.7 Å². The highest BCUT2D eigenvalue weighted by Gasteiger charge is 2.76. The lowest BCUT2D eigenvalue weighted by Gasteiger charge is -2.65. The maximum atomic E-state index is 13.3. The molecule has 7 heteroatoms. The van der Waals surface area contributed by atoms with Gasteiger partial charge in [-0.3, -0.25) is 9.78 Å². The summed E-state index contributed by atoms with van der Waals surface area (Å²) in [5, 5.41) is 26.7. The molecule has 1 spiro atoms. The highest BCUT2D eigenvalue weighted by molar-refractivity contribution is 5.95. The Morgan fingerprint density at radius 2 is 2.09 bits per heavy atom. The fourth-order valence-electron chi connectivity index (χ4n) is 8.28. The molecule has 3 heterocycles. The lowest BCUT2D eigenvalue weighted by atomic mass is 9.48. The summed E-state index contributed by atoms with van der Waals surface area (Å²) in [6, 6.07) is 5.35. The zero-order chi connectivity index (χ0) is 24.2. The SMILES string of the molecule is Cc1cnccc1C(=O)N[C@@H]1CC[C@@]2(O)[C@H]3Cc4ccc(O)c5c4[C@@]2(CC[N+]3(C)CC2CC2)[C@H]1O5. The molecule has 3 N–H and O–H groups in total. The molecule has 2 aromatic rings. The van der Waals surface area contributed by atoms with E-state index < -0.39 is 17.1 Å². The van der Waals surface area contributed by atoms with Crippen molar-refractivity contribution in [1.29, 1.82) is 0 Å². The summed E-state index contributed by atoms with van der Waals surface area (Å²) in [6.45, 7) is 3.98. The van der Waals surface area contributed by atoms with Crippen LogP contribution < -0.4 is 10.1 Å². The first kappa shape index (κ1) is 21.6. The summed E-state index contributed by atoms with van der Waals surface area (Å²) in [5.41, 5.74) is 2.07. The fraction of sp³-hybridized carbons (Fsp3) is 0.571. The maximum absolute atomic E-state index is 13.3. The van der Waals surface area contributed by atoms with Crippen molar-refractivity contribution < 1.29 is 24.2 Å². The number of aromatic hydroxyl groups is 1. The van der Waals surface area contributed by atoms with Crippen molar-refractivity contribution in [2.45, 2.75) is 74.7 Å². The molecule has 2 bridgehead atoms. The Hall–Kier alpha value is -2.64. The van der Waals surface area contributed by atoms with Gasteiger partial charge in [-0.15, -0.1) is 0 Å². The largest absolute Gasteiger partial charge is 0.504 e. The average Bonchev–Trinajstić information content (AvgIpc) is 3.56. The molecule has 0 radical (unpaired) electrons. The van der Waals surface area contributed by atoms with Crippen molar-refractivity contribution in [3.63, 3.8) is 0 Å². The molecule has 1 aromatic carbocycles. The number of carbonyl (C=O) groups is 1. The second kappa shape index (κ2) is 6.98. The first-order valence-electron chi connectivity index (χ1n) is 13.1. The number of pyridine rings is 1. The number of likely N-dealkylation sites (tertiary alicyclic amines) is 1. The van der Waals surface area contributed by atoms with Crippen molar-refractivity contribution in [2.75, 3.05) is 20.1 Å². The highest BCUT2D eigenvalue weighted by Crippen LogP contribution is 2.66. The first-order valence-corrected chi connectivity index (χ1v) is 13.1. The molecule has 3 fully saturated rings. The number of nitrogens with one attached hydrogen (secondary N) is 1. The van der Waals surface area contributed by atoms with E-state index in [0.29, 0.717) is 24.2 Å². The smallest absolute Gasteiger partial charge is 0.252 e. The predicted octanol–water partition coefficient (Wildman–Crippen LogP) is 2.60. The number of quaternary nitrogens is 1. The van der Waals surface area contributed by atoms with Crippen LogP contribution in [0.1, 0.15) is 59.2 Å². The molecule has 7 rings (SSSR count). The van der Waals surface area contributed by atoms with Crippen LogP contribution in [0.3, 0.4) is 0 Å². The normalized spacial score (nSPS) is 38.4. The molecular formula is C28H34N3O4+. The number of carbonyl (C=O) groups excluding carboxylic acids is 1. The lowest BCUT2D eigenvalue weighted by Crippen LogP contribution is -2.82. The number of likely N-dealkylation sites (N-methyl/N-ethyl adjacent to an activating group) is 1. The van der Waals surface area contributed by atoms with Crippen LogP contribution in [0.4, 0.5) is 0 Å². The molecule has 1 amide bonds. The van der Waals surface area contributed by atoms with Crippen LogP contribution in [-0.4, -0.2) is 69.5 Å². The van der Waals surface area contributed by atoms with Crippen LogP contribution in [0, 0.1) is 12.8 Å². The number of aliphatic hydroxyl groups is 1. The zero-order valence-corrected chi connectivity index (χ0v) is 20.5. The molecular weight excluding hydrogens is 442 g/mol. The number of amides is 1. The van der Waals surface area contributed by atoms with Crippen molar-refractivity contribution >= 4 is 5.91 Å². The van der Waals surface area contributed by atoms with Gasteiger partial charge in [0, 0.05) is 42.3 Å². The third-order valence-electron chi connectivity index (χ3n) is 10.1. The van der Waals surface area contributed by atoms with Crippen LogP contribution >= 0.6 is 0 Å². The van der Waals surface area contributed by atoms with Gasteiger partial charge in [-0.1, -0.05) is 6.07 Å². The molecule has 1 saturated heterocycles. The Bertz CT molecular complexity index is 1240. The number of ether oxygens (including phenoxy) is 1. The minimum absolute atomic E-state index is 0.0880. The van der Waals surface area contributed by atoms with Crippen molar-refractivity contribution in [3.8, 4) is 11.5 Å². The number of hydrogen-bond acceptors (Lipinski definition) is 5. The number of rotatable bonds is 4. The van der Waals surface area contributed by atoms with Crippen LogP contribution in [0.5, 0.6) is 11.5 Å². The summed E-state index contributed by atoms with van der Waals surface area (Å²) in [4.78, 5) is 17.4. The summed E-state index contributed by atoms with van der Waals surface area (Å²) in [5.74, 6) is 1.27. The Morgan fingerprint density at radius 3 is 2.86 bits per heavy atom. The van der Waals surface area contributed by atoms with E-state index in [9.17, 15) is 15.0 Å². The van der Waals surface area contributed by atoms with E-state index in [4.69, 9.17) is 4.74 Å². The minimum atomic E-state index is -0.931. The van der Waals surface area contributed by atoms with Crippen LogP contribution in [0.15, 0.2) is 30.6 Å². The van der Waals surface area contributed by atoms with Gasteiger partial charge in [0.05, 0.1) is 31.6 Å². The predicted molar refractivity (Wildman–Crippen MR) is 129 cm³/mol. The van der Waals surface area contributed by atoms with Gasteiger partial charge in [-0.2, -0.15) is 0 Å². The van der Waals surface area contributed by atoms with Crippen molar-refractivity contribution in [2.24, 2.45) is 5.92 Å². The molecule has 5 aliphatic rings. The number of piperidine rings is 1. The third-order valence-corrected chi connectivity index (χ3v) is 10.1. The number of phenolic OH excluding ortho intramolecular Hbond substituents is 1. The molecule has 1 aromatic heterocycles. The van der Waals surface area contributed by atoms with E-state index >= 15 is 0 Å². The summed E-state index contributed by atoms with van der Waals surface area (Å²) < 4.78 is 7.47. The number of phenols is 1. The second-order valence-electron chi connectivity index (χ2n) is 12.0. The number of nitrogens with zero attached hydrogens (tertiary/aromatic N) is 2. The molecule has 35 heavy (non-hydrogen) atoms. The van der Waals surface area contributed by atoms with Gasteiger partial charge in [0.25, 0.3) is 5.91 Å². The molecule has 6 atom stereocenters. The van der Waals surface area contributed by atoms with Gasteiger partial charge in [0.15, 0.2) is 11.5 Å². The van der Waals surface area contributed by atoms with E-state index in [1.807, 2.05) is 13.0 Å². The Morgan fingerprint density at radius 1 is 1.26 bits per heavy atom. The van der Waals surface area contributed by atoms with Crippen molar-refractivity contribution in [3.05, 3.63) is 52.8 Å². The number of aryl methyl sites for hydroxylation is 1. The molecule has 7 nitrogen and oxygen atoms in total. The summed E-state index contributed by atoms with van der Waals surface area (Å²) >= 11 is 0. The molecule has 3 aliphatic carbocycles. The van der Waals surface area contributed by atoms with Gasteiger partial charge in [0.2, 0.25) is 0 Å². The van der Waals surface area contributed by atoms with Crippen molar-refractivity contribution in [1.82, 2.24) is 10.3 Å². The fourth-order valence-corrected chi connectivity index (χ4v) is 8.28. The number of hydrogen-bond donors (Lipinski definition) is 3. The second-order valence-corrected chi connectivity index (χ2v) is 12.0. The van der Waals surface area contributed by atoms with E-state index in [0.717, 1.165) is 47.5 Å². The minimum Gasteiger partial charge on any atom is -0.504 e. The van der Waals surface area contributed by atoms with Gasteiger partial charge < -0.3 is 24.7 Å². The van der Waals surface area contributed by atoms with E-state index in [1.165, 1.54) is 18.4 Å². The molecule has 2 aliphatic heterocycles. The number of benzene rings is 1. The van der Waals surface area contributed by atoms with E-state index in [2.05, 4.69) is 17.3 Å². The Balaban J connectivity index is 1.32. The Kier molecular flexibility index (Phi) is 4.31. The first-order chi connectivity index (χ1) is 16.8. The van der Waals surface area contributed by atoms with Gasteiger partial charge in [-0.05, 0) is 55.9 Å². The topological polar surface area (TPSA) is 91.7 Å².